The third kappa shape index (κ3) is 2.44. The highest BCUT2D eigenvalue weighted by Crippen LogP contribution is 2.41. The van der Waals surface area contributed by atoms with E-state index in [4.69, 9.17) is 0 Å². The van der Waals surface area contributed by atoms with Crippen molar-refractivity contribution in [3.8, 4) is 11.5 Å². The molecule has 3 nitrogen and oxygen atoms in total. The average molecular weight is 283 g/mol. The zero-order valence-corrected chi connectivity index (χ0v) is 12.5. The van der Waals surface area contributed by atoms with Gasteiger partial charge in [-0.1, -0.05) is 31.2 Å². The SMILES string of the molecule is CC1Cc2ccccc2N(C(C)c2c(O)cccc2O)C1. The first kappa shape index (κ1) is 13.8. The standard InChI is InChI=1S/C18H21NO2/c1-12-10-14-6-3-4-7-15(14)19(11-12)13(2)18-16(20)8-5-9-17(18)21/h3-9,12-13,20-21H,10-11H2,1-2H3. The molecule has 1 aliphatic rings. The molecule has 2 unspecified atom stereocenters. The lowest BCUT2D eigenvalue weighted by atomic mass is 9.91. The van der Waals surface area contributed by atoms with Crippen LogP contribution in [0.2, 0.25) is 0 Å². The Labute approximate surface area is 125 Å². The second kappa shape index (κ2) is 5.32. The third-order valence-electron chi connectivity index (χ3n) is 4.32. The summed E-state index contributed by atoms with van der Waals surface area (Å²) in [5.74, 6) is 0.853. The van der Waals surface area contributed by atoms with Gasteiger partial charge in [-0.25, -0.2) is 0 Å². The Morgan fingerprint density at radius 2 is 1.71 bits per heavy atom. The number of phenols is 2. The molecular weight excluding hydrogens is 262 g/mol. The molecule has 0 saturated carbocycles. The number of fused-ring (bicyclic) bond motifs is 1. The first-order chi connectivity index (χ1) is 10.1. The minimum absolute atomic E-state index is 0.0740. The monoisotopic (exact) mass is 283 g/mol. The molecule has 0 spiro atoms. The number of phenolic OH excluding ortho intramolecular Hbond substituents is 2. The average Bonchev–Trinajstić information content (AvgIpc) is 2.46. The van der Waals surface area contributed by atoms with Gasteiger partial charge in [0.05, 0.1) is 11.6 Å². The number of hydrogen-bond donors (Lipinski definition) is 2. The van der Waals surface area contributed by atoms with Crippen LogP contribution in [0.1, 0.15) is 31.0 Å². The van der Waals surface area contributed by atoms with E-state index in [-0.39, 0.29) is 17.5 Å². The van der Waals surface area contributed by atoms with Crippen LogP contribution in [-0.2, 0) is 6.42 Å². The summed E-state index contributed by atoms with van der Waals surface area (Å²) in [5.41, 5.74) is 3.13. The van der Waals surface area contributed by atoms with Crippen LogP contribution in [0.15, 0.2) is 42.5 Å². The summed E-state index contributed by atoms with van der Waals surface area (Å²) in [7, 11) is 0. The van der Waals surface area contributed by atoms with Gasteiger partial charge in [-0.05, 0) is 43.0 Å². The van der Waals surface area contributed by atoms with E-state index < -0.39 is 0 Å². The van der Waals surface area contributed by atoms with Crippen LogP contribution in [0.25, 0.3) is 0 Å². The van der Waals surface area contributed by atoms with Crippen molar-refractivity contribution in [2.45, 2.75) is 26.3 Å². The Balaban J connectivity index is 2.04. The van der Waals surface area contributed by atoms with E-state index in [1.54, 1.807) is 18.2 Å². The molecule has 3 rings (SSSR count). The van der Waals surface area contributed by atoms with Gasteiger partial charge in [0.1, 0.15) is 11.5 Å². The Morgan fingerprint density at radius 3 is 2.43 bits per heavy atom. The van der Waals surface area contributed by atoms with E-state index in [2.05, 4.69) is 30.0 Å². The normalized spacial score (nSPS) is 19.1. The zero-order chi connectivity index (χ0) is 15.0. The summed E-state index contributed by atoms with van der Waals surface area (Å²) < 4.78 is 0. The predicted octanol–water partition coefficient (Wildman–Crippen LogP) is 3.86. The number of anilines is 1. The molecule has 3 heteroatoms. The topological polar surface area (TPSA) is 43.7 Å². The van der Waals surface area contributed by atoms with Crippen molar-refractivity contribution in [3.05, 3.63) is 53.6 Å². The van der Waals surface area contributed by atoms with Gasteiger partial charge in [0.2, 0.25) is 0 Å². The molecule has 0 aliphatic carbocycles. The summed E-state index contributed by atoms with van der Waals surface area (Å²) in [4.78, 5) is 2.28. The van der Waals surface area contributed by atoms with Crippen molar-refractivity contribution in [1.82, 2.24) is 0 Å². The number of benzene rings is 2. The Kier molecular flexibility index (Phi) is 3.50. The lowest BCUT2D eigenvalue weighted by Gasteiger charge is -2.39. The Hall–Kier alpha value is -2.16. The summed E-state index contributed by atoms with van der Waals surface area (Å²) in [6, 6.07) is 13.2. The third-order valence-corrected chi connectivity index (χ3v) is 4.32. The van der Waals surface area contributed by atoms with Crippen LogP contribution in [-0.4, -0.2) is 16.8 Å². The first-order valence-electron chi connectivity index (χ1n) is 7.43. The fraction of sp³-hybridized carbons (Fsp3) is 0.333. The van der Waals surface area contributed by atoms with E-state index in [1.807, 2.05) is 13.0 Å². The predicted molar refractivity (Wildman–Crippen MR) is 84.8 cm³/mol. The van der Waals surface area contributed by atoms with Gasteiger partial charge in [0.15, 0.2) is 0 Å². The highest BCUT2D eigenvalue weighted by atomic mass is 16.3. The molecule has 2 aromatic rings. The minimum Gasteiger partial charge on any atom is -0.507 e. The van der Waals surface area contributed by atoms with Crippen molar-refractivity contribution in [2.24, 2.45) is 5.92 Å². The van der Waals surface area contributed by atoms with Crippen LogP contribution in [0.5, 0.6) is 11.5 Å². The molecule has 0 aromatic heterocycles. The molecule has 0 bridgehead atoms. The van der Waals surface area contributed by atoms with Gasteiger partial charge in [0.25, 0.3) is 0 Å². The molecular formula is C18H21NO2. The molecule has 2 N–H and O–H groups in total. The maximum Gasteiger partial charge on any atom is 0.124 e. The smallest absolute Gasteiger partial charge is 0.124 e. The zero-order valence-electron chi connectivity index (χ0n) is 12.5. The summed E-state index contributed by atoms with van der Waals surface area (Å²) >= 11 is 0. The van der Waals surface area contributed by atoms with E-state index >= 15 is 0 Å². The fourth-order valence-corrected chi connectivity index (χ4v) is 3.33. The second-order valence-electron chi connectivity index (χ2n) is 5.98. The van der Waals surface area contributed by atoms with Crippen molar-refractivity contribution >= 4 is 5.69 Å². The van der Waals surface area contributed by atoms with Crippen molar-refractivity contribution in [3.63, 3.8) is 0 Å². The highest BCUT2D eigenvalue weighted by Gasteiger charge is 2.28. The molecule has 2 atom stereocenters. The van der Waals surface area contributed by atoms with Crippen LogP contribution in [0, 0.1) is 5.92 Å². The van der Waals surface area contributed by atoms with Crippen molar-refractivity contribution in [2.75, 3.05) is 11.4 Å². The van der Waals surface area contributed by atoms with Gasteiger partial charge in [-0.15, -0.1) is 0 Å². The Bertz CT molecular complexity index is 633. The molecule has 1 heterocycles. The van der Waals surface area contributed by atoms with E-state index in [9.17, 15) is 10.2 Å². The fourth-order valence-electron chi connectivity index (χ4n) is 3.33. The second-order valence-corrected chi connectivity index (χ2v) is 5.98. The lowest BCUT2D eigenvalue weighted by molar-refractivity contribution is 0.420. The highest BCUT2D eigenvalue weighted by molar-refractivity contribution is 5.59. The number of para-hydroxylation sites is 1. The number of nitrogens with zero attached hydrogens (tertiary/aromatic N) is 1. The number of aromatic hydroxyl groups is 2. The maximum atomic E-state index is 10.1. The Morgan fingerprint density at radius 1 is 1.05 bits per heavy atom. The van der Waals surface area contributed by atoms with Crippen molar-refractivity contribution in [1.29, 1.82) is 0 Å². The quantitative estimate of drug-likeness (QED) is 0.879. The van der Waals surface area contributed by atoms with E-state index in [0.29, 0.717) is 11.5 Å². The maximum absolute atomic E-state index is 10.1. The van der Waals surface area contributed by atoms with Crippen LogP contribution < -0.4 is 4.90 Å². The molecule has 110 valence electrons. The number of rotatable bonds is 2. The molecule has 0 radical (unpaired) electrons. The molecule has 0 saturated heterocycles. The summed E-state index contributed by atoms with van der Waals surface area (Å²) in [5, 5.41) is 20.2. The summed E-state index contributed by atoms with van der Waals surface area (Å²) in [6.45, 7) is 5.19. The molecule has 0 fully saturated rings. The number of hydrogen-bond acceptors (Lipinski definition) is 3. The van der Waals surface area contributed by atoms with Gasteiger partial charge in [-0.3, -0.25) is 0 Å². The molecule has 2 aromatic carbocycles. The molecule has 1 aliphatic heterocycles. The van der Waals surface area contributed by atoms with Crippen molar-refractivity contribution < 1.29 is 10.2 Å². The van der Waals surface area contributed by atoms with Crippen LogP contribution in [0.4, 0.5) is 5.69 Å². The van der Waals surface area contributed by atoms with E-state index in [0.717, 1.165) is 13.0 Å². The molecule has 21 heavy (non-hydrogen) atoms. The van der Waals surface area contributed by atoms with E-state index in [1.165, 1.54) is 11.3 Å². The first-order valence-corrected chi connectivity index (χ1v) is 7.43. The lowest BCUT2D eigenvalue weighted by Crippen LogP contribution is -2.36. The molecule has 0 amide bonds. The summed E-state index contributed by atoms with van der Waals surface area (Å²) in [6.07, 6.45) is 1.08. The van der Waals surface area contributed by atoms with Gasteiger partial charge < -0.3 is 15.1 Å². The van der Waals surface area contributed by atoms with Gasteiger partial charge >= 0.3 is 0 Å². The van der Waals surface area contributed by atoms with Gasteiger partial charge in [0, 0.05) is 12.2 Å². The van der Waals surface area contributed by atoms with Gasteiger partial charge in [-0.2, -0.15) is 0 Å². The largest absolute Gasteiger partial charge is 0.507 e. The van der Waals surface area contributed by atoms with Crippen LogP contribution in [0.3, 0.4) is 0 Å². The van der Waals surface area contributed by atoms with Crippen LogP contribution >= 0.6 is 0 Å². The minimum atomic E-state index is -0.0740.